The Morgan fingerprint density at radius 3 is 2.17 bits per heavy atom. The van der Waals surface area contributed by atoms with E-state index in [1.165, 1.54) is 24.3 Å². The van der Waals surface area contributed by atoms with E-state index >= 15 is 0 Å². The number of carbonyl (C=O) groups excluding carboxylic acids is 3. The first-order valence-electron chi connectivity index (χ1n) is 6.90. The first-order chi connectivity index (χ1) is 11.4. The highest BCUT2D eigenvalue weighted by Crippen LogP contribution is 2.16. The number of urea groups is 1. The number of nitrogens with two attached hydrogens (primary N) is 1. The number of halogens is 1. The monoisotopic (exact) mass is 438 g/mol. The maximum atomic E-state index is 11.9. The van der Waals surface area contributed by atoms with Crippen molar-refractivity contribution in [3.8, 4) is 0 Å². The van der Waals surface area contributed by atoms with Crippen molar-refractivity contribution in [2.24, 2.45) is 5.73 Å². The Bertz CT molecular complexity index is 790. The van der Waals surface area contributed by atoms with E-state index in [9.17, 15) is 14.4 Å². The number of anilines is 1. The minimum Gasteiger partial charge on any atom is -0.366 e. The van der Waals surface area contributed by atoms with E-state index in [0.29, 0.717) is 11.3 Å². The molecule has 0 aliphatic carbocycles. The molecular weight excluding hydrogens is 423 g/mol. The number of hydrogen-bond acceptors (Lipinski definition) is 3. The zero-order valence-corrected chi connectivity index (χ0v) is 14.9. The van der Waals surface area contributed by atoms with Crippen LogP contribution in [-0.4, -0.2) is 17.8 Å². The Kier molecular flexibility index (Phi) is 5.74. The van der Waals surface area contributed by atoms with Gasteiger partial charge >= 0.3 is 6.03 Å². The van der Waals surface area contributed by atoms with Crippen LogP contribution in [0.4, 0.5) is 10.5 Å². The number of rotatable bonds is 3. The summed E-state index contributed by atoms with van der Waals surface area (Å²) in [4.78, 5) is 34.7. The highest BCUT2D eigenvalue weighted by atomic mass is 127. The van der Waals surface area contributed by atoms with Gasteiger partial charge in [0.1, 0.15) is 0 Å². The molecule has 0 bridgehead atoms. The molecule has 2 aromatic rings. The lowest BCUT2D eigenvalue weighted by Crippen LogP contribution is -2.43. The molecule has 0 saturated carbocycles. The third kappa shape index (κ3) is 4.69. The highest BCUT2D eigenvalue weighted by Gasteiger charge is 2.09. The molecule has 0 aromatic heterocycles. The molecular formula is C16H15IN4O3. The van der Waals surface area contributed by atoms with Crippen LogP contribution in [0.3, 0.4) is 0 Å². The number of benzene rings is 2. The van der Waals surface area contributed by atoms with Crippen LogP contribution in [0.5, 0.6) is 0 Å². The van der Waals surface area contributed by atoms with Crippen molar-refractivity contribution in [2.45, 2.75) is 6.92 Å². The molecule has 5 N–H and O–H groups in total. The molecule has 0 heterocycles. The number of amides is 4. The lowest BCUT2D eigenvalue weighted by Gasteiger charge is -2.10. The topological polar surface area (TPSA) is 113 Å². The van der Waals surface area contributed by atoms with Crippen molar-refractivity contribution in [1.29, 1.82) is 0 Å². The van der Waals surface area contributed by atoms with Crippen LogP contribution in [-0.2, 0) is 0 Å². The minimum atomic E-state index is -0.577. The maximum Gasteiger partial charge on any atom is 0.337 e. The molecule has 124 valence electrons. The Hall–Kier alpha value is -2.62. The summed E-state index contributed by atoms with van der Waals surface area (Å²) in [5.41, 5.74) is 11.9. The Labute approximate surface area is 152 Å². The van der Waals surface area contributed by atoms with Gasteiger partial charge in [-0.1, -0.05) is 0 Å². The van der Waals surface area contributed by atoms with Gasteiger partial charge in [0.2, 0.25) is 5.91 Å². The molecule has 0 aliphatic heterocycles. The van der Waals surface area contributed by atoms with Gasteiger partial charge in [-0.25, -0.2) is 10.2 Å². The lowest BCUT2D eigenvalue weighted by atomic mass is 10.1. The van der Waals surface area contributed by atoms with Gasteiger partial charge in [0, 0.05) is 20.4 Å². The first kappa shape index (κ1) is 17.7. The number of primary amides is 1. The molecule has 8 heteroatoms. The predicted octanol–water partition coefficient (Wildman–Crippen LogP) is 2.17. The number of carbonyl (C=O) groups is 3. The van der Waals surface area contributed by atoms with Crippen LogP contribution < -0.4 is 21.9 Å². The van der Waals surface area contributed by atoms with Gasteiger partial charge < -0.3 is 11.1 Å². The summed E-state index contributed by atoms with van der Waals surface area (Å²) in [6, 6.07) is 10.7. The van der Waals surface area contributed by atoms with Crippen LogP contribution >= 0.6 is 22.6 Å². The molecule has 0 fully saturated rings. The number of nitrogens with one attached hydrogen (secondary N) is 3. The summed E-state index contributed by atoms with van der Waals surface area (Å²) in [6.45, 7) is 1.93. The summed E-state index contributed by atoms with van der Waals surface area (Å²) in [7, 11) is 0. The summed E-state index contributed by atoms with van der Waals surface area (Å²) in [5.74, 6) is -1.09. The third-order valence-electron chi connectivity index (χ3n) is 3.14. The molecule has 0 unspecified atom stereocenters. The van der Waals surface area contributed by atoms with Crippen molar-refractivity contribution in [3.05, 3.63) is 62.7 Å². The van der Waals surface area contributed by atoms with Crippen LogP contribution in [0.1, 0.15) is 26.3 Å². The van der Waals surface area contributed by atoms with Gasteiger partial charge in [-0.3, -0.25) is 15.0 Å². The molecule has 4 amide bonds. The average molecular weight is 438 g/mol. The minimum absolute atomic E-state index is 0.283. The Morgan fingerprint density at radius 1 is 0.958 bits per heavy atom. The van der Waals surface area contributed by atoms with E-state index < -0.39 is 17.8 Å². The van der Waals surface area contributed by atoms with E-state index in [4.69, 9.17) is 5.73 Å². The normalized spacial score (nSPS) is 9.92. The standard InChI is InChI=1S/C16H15IN4O3/c1-9-8-12(6-7-13(9)17)19-16(24)21-20-15(23)11-4-2-10(3-5-11)14(18)22/h2-8H,1H3,(H2,18,22)(H,20,23)(H2,19,21,24). The van der Waals surface area contributed by atoms with Crippen molar-refractivity contribution >= 4 is 46.1 Å². The van der Waals surface area contributed by atoms with Gasteiger partial charge in [0.05, 0.1) is 0 Å². The summed E-state index contributed by atoms with van der Waals surface area (Å²) in [5, 5.41) is 2.61. The predicted molar refractivity (Wildman–Crippen MR) is 98.5 cm³/mol. The van der Waals surface area contributed by atoms with E-state index in [2.05, 4.69) is 38.8 Å². The second kappa shape index (κ2) is 7.77. The van der Waals surface area contributed by atoms with Gasteiger partial charge in [-0.05, 0) is 77.5 Å². The lowest BCUT2D eigenvalue weighted by molar-refractivity contribution is 0.0936. The maximum absolute atomic E-state index is 11.9. The highest BCUT2D eigenvalue weighted by molar-refractivity contribution is 14.1. The van der Waals surface area contributed by atoms with E-state index in [1.54, 1.807) is 6.07 Å². The summed E-state index contributed by atoms with van der Waals surface area (Å²) < 4.78 is 1.09. The SMILES string of the molecule is Cc1cc(NC(=O)NNC(=O)c2ccc(C(N)=O)cc2)ccc1I. The molecule has 0 aliphatic rings. The fraction of sp³-hybridized carbons (Fsp3) is 0.0625. The number of hydrazine groups is 1. The zero-order valence-electron chi connectivity index (χ0n) is 12.7. The molecule has 0 atom stereocenters. The molecule has 2 aromatic carbocycles. The summed E-state index contributed by atoms with van der Waals surface area (Å²) in [6.07, 6.45) is 0. The van der Waals surface area contributed by atoms with E-state index in [1.807, 2.05) is 19.1 Å². The second-order valence-corrected chi connectivity index (χ2v) is 6.10. The van der Waals surface area contributed by atoms with Crippen LogP contribution in [0.25, 0.3) is 0 Å². The van der Waals surface area contributed by atoms with Gasteiger partial charge in [0.15, 0.2) is 0 Å². The van der Waals surface area contributed by atoms with Crippen molar-refractivity contribution in [3.63, 3.8) is 0 Å². The first-order valence-corrected chi connectivity index (χ1v) is 7.98. The summed E-state index contributed by atoms with van der Waals surface area (Å²) >= 11 is 2.20. The molecule has 0 spiro atoms. The number of hydrogen-bond donors (Lipinski definition) is 4. The van der Waals surface area contributed by atoms with Crippen molar-refractivity contribution < 1.29 is 14.4 Å². The Morgan fingerprint density at radius 2 is 1.58 bits per heavy atom. The number of aryl methyl sites for hydroxylation is 1. The smallest absolute Gasteiger partial charge is 0.337 e. The van der Waals surface area contributed by atoms with E-state index in [-0.39, 0.29) is 5.56 Å². The largest absolute Gasteiger partial charge is 0.366 e. The quantitative estimate of drug-likeness (QED) is 0.435. The van der Waals surface area contributed by atoms with Gasteiger partial charge in [-0.2, -0.15) is 0 Å². The second-order valence-electron chi connectivity index (χ2n) is 4.94. The van der Waals surface area contributed by atoms with E-state index in [0.717, 1.165) is 9.13 Å². The third-order valence-corrected chi connectivity index (χ3v) is 4.35. The molecule has 0 saturated heterocycles. The van der Waals surface area contributed by atoms with Crippen molar-refractivity contribution in [2.75, 3.05) is 5.32 Å². The Balaban J connectivity index is 1.89. The van der Waals surface area contributed by atoms with Crippen LogP contribution in [0.2, 0.25) is 0 Å². The average Bonchev–Trinajstić information content (AvgIpc) is 2.56. The fourth-order valence-electron chi connectivity index (χ4n) is 1.86. The van der Waals surface area contributed by atoms with Gasteiger partial charge in [0.25, 0.3) is 5.91 Å². The molecule has 7 nitrogen and oxygen atoms in total. The molecule has 2 rings (SSSR count). The van der Waals surface area contributed by atoms with Crippen molar-refractivity contribution in [1.82, 2.24) is 10.9 Å². The van der Waals surface area contributed by atoms with Crippen LogP contribution in [0, 0.1) is 10.5 Å². The fourth-order valence-corrected chi connectivity index (χ4v) is 2.19. The molecule has 24 heavy (non-hydrogen) atoms. The van der Waals surface area contributed by atoms with Gasteiger partial charge in [-0.15, -0.1) is 0 Å². The molecule has 0 radical (unpaired) electrons. The zero-order chi connectivity index (χ0) is 17.7. The van der Waals surface area contributed by atoms with Crippen LogP contribution in [0.15, 0.2) is 42.5 Å².